The van der Waals surface area contributed by atoms with Crippen molar-refractivity contribution in [2.75, 3.05) is 13.1 Å². The van der Waals surface area contributed by atoms with Crippen LogP contribution in [0.4, 0.5) is 0 Å². The number of fused-ring (bicyclic) bond motifs is 1. The Kier molecular flexibility index (Phi) is 5.01. The van der Waals surface area contributed by atoms with E-state index >= 15 is 0 Å². The zero-order valence-electron chi connectivity index (χ0n) is 11.7. The number of carbonyl (C=O) groups is 1. The lowest BCUT2D eigenvalue weighted by atomic mass is 10.0. The molecule has 5 nitrogen and oxygen atoms in total. The highest BCUT2D eigenvalue weighted by atomic mass is 16.1. The number of nitrogens with two attached hydrogens (primary N) is 1. The predicted molar refractivity (Wildman–Crippen MR) is 79.3 cm³/mol. The van der Waals surface area contributed by atoms with Crippen LogP contribution in [0.25, 0.3) is 11.0 Å². The minimum Gasteiger partial charge on any atom is -0.352 e. The lowest BCUT2D eigenvalue weighted by Gasteiger charge is -2.14. The molecule has 0 bridgehead atoms. The molecule has 1 aromatic carbocycles. The third-order valence-corrected chi connectivity index (χ3v) is 3.45. The zero-order valence-corrected chi connectivity index (χ0v) is 11.7. The van der Waals surface area contributed by atoms with Crippen LogP contribution in [0, 0.1) is 5.92 Å². The Morgan fingerprint density at radius 2 is 2.15 bits per heavy atom. The SMILES string of the molecule is CCC(CCN)CNC(=O)c1cccc2nccnc12. The van der Waals surface area contributed by atoms with Crippen molar-refractivity contribution in [2.45, 2.75) is 19.8 Å². The first kappa shape index (κ1) is 14.4. The summed E-state index contributed by atoms with van der Waals surface area (Å²) in [5, 5.41) is 2.96. The maximum absolute atomic E-state index is 12.3. The molecule has 0 aliphatic rings. The smallest absolute Gasteiger partial charge is 0.253 e. The van der Waals surface area contributed by atoms with Gasteiger partial charge in [-0.1, -0.05) is 19.4 Å². The van der Waals surface area contributed by atoms with E-state index in [1.54, 1.807) is 18.5 Å². The van der Waals surface area contributed by atoms with Gasteiger partial charge in [0.15, 0.2) is 0 Å². The summed E-state index contributed by atoms with van der Waals surface area (Å²) in [6, 6.07) is 5.45. The van der Waals surface area contributed by atoms with Crippen LogP contribution in [-0.4, -0.2) is 29.0 Å². The third-order valence-electron chi connectivity index (χ3n) is 3.45. The molecule has 1 amide bonds. The van der Waals surface area contributed by atoms with Gasteiger partial charge in [0.1, 0.15) is 5.52 Å². The molecule has 2 aromatic rings. The number of amides is 1. The van der Waals surface area contributed by atoms with Gasteiger partial charge in [-0.05, 0) is 31.0 Å². The van der Waals surface area contributed by atoms with Gasteiger partial charge < -0.3 is 11.1 Å². The topological polar surface area (TPSA) is 80.9 Å². The van der Waals surface area contributed by atoms with Crippen LogP contribution < -0.4 is 11.1 Å². The molecular formula is C15H20N4O. The van der Waals surface area contributed by atoms with Gasteiger partial charge in [0.05, 0.1) is 11.1 Å². The van der Waals surface area contributed by atoms with E-state index in [1.807, 2.05) is 12.1 Å². The molecule has 0 aliphatic carbocycles. The Labute approximate surface area is 118 Å². The van der Waals surface area contributed by atoms with E-state index < -0.39 is 0 Å². The van der Waals surface area contributed by atoms with Gasteiger partial charge in [-0.25, -0.2) is 0 Å². The van der Waals surface area contributed by atoms with Crippen molar-refractivity contribution >= 4 is 16.9 Å². The molecule has 3 N–H and O–H groups in total. The second-order valence-corrected chi connectivity index (χ2v) is 4.79. The van der Waals surface area contributed by atoms with E-state index in [0.29, 0.717) is 30.1 Å². The van der Waals surface area contributed by atoms with Crippen molar-refractivity contribution in [3.8, 4) is 0 Å². The summed E-state index contributed by atoms with van der Waals surface area (Å²) in [6.07, 6.45) is 5.15. The largest absolute Gasteiger partial charge is 0.352 e. The van der Waals surface area contributed by atoms with E-state index in [-0.39, 0.29) is 5.91 Å². The Morgan fingerprint density at radius 1 is 1.35 bits per heavy atom. The lowest BCUT2D eigenvalue weighted by molar-refractivity contribution is 0.0947. The summed E-state index contributed by atoms with van der Waals surface area (Å²) in [5.41, 5.74) is 7.50. The molecule has 0 aliphatic heterocycles. The van der Waals surface area contributed by atoms with Crippen LogP contribution in [0.3, 0.4) is 0 Å². The summed E-state index contributed by atoms with van der Waals surface area (Å²) >= 11 is 0. The number of nitrogens with one attached hydrogen (secondary N) is 1. The van der Waals surface area contributed by atoms with Crippen molar-refractivity contribution in [3.63, 3.8) is 0 Å². The molecule has 0 radical (unpaired) electrons. The first-order chi connectivity index (χ1) is 9.76. The maximum Gasteiger partial charge on any atom is 0.253 e. The van der Waals surface area contributed by atoms with Gasteiger partial charge in [-0.2, -0.15) is 0 Å². The Morgan fingerprint density at radius 3 is 2.90 bits per heavy atom. The van der Waals surface area contributed by atoms with Crippen molar-refractivity contribution in [1.29, 1.82) is 0 Å². The fraction of sp³-hybridized carbons (Fsp3) is 0.400. The highest BCUT2D eigenvalue weighted by molar-refractivity contribution is 6.04. The molecule has 0 saturated carbocycles. The monoisotopic (exact) mass is 272 g/mol. The number of nitrogens with zero attached hydrogens (tertiary/aromatic N) is 2. The number of hydrogen-bond donors (Lipinski definition) is 2. The molecule has 0 saturated heterocycles. The number of carbonyl (C=O) groups excluding carboxylic acids is 1. The highest BCUT2D eigenvalue weighted by Crippen LogP contribution is 2.14. The molecule has 1 unspecified atom stereocenters. The zero-order chi connectivity index (χ0) is 14.4. The quantitative estimate of drug-likeness (QED) is 0.839. The first-order valence-electron chi connectivity index (χ1n) is 6.94. The third kappa shape index (κ3) is 3.30. The summed E-state index contributed by atoms with van der Waals surface area (Å²) < 4.78 is 0. The van der Waals surface area contributed by atoms with Crippen molar-refractivity contribution < 1.29 is 4.79 Å². The maximum atomic E-state index is 12.3. The van der Waals surface area contributed by atoms with E-state index in [4.69, 9.17) is 5.73 Å². The van der Waals surface area contributed by atoms with Gasteiger partial charge in [0.25, 0.3) is 5.91 Å². The van der Waals surface area contributed by atoms with Crippen molar-refractivity contribution in [3.05, 3.63) is 36.2 Å². The molecule has 106 valence electrons. The van der Waals surface area contributed by atoms with Crippen LogP contribution in [0.15, 0.2) is 30.6 Å². The molecule has 5 heteroatoms. The number of benzene rings is 1. The Hall–Kier alpha value is -2.01. The average molecular weight is 272 g/mol. The fourth-order valence-corrected chi connectivity index (χ4v) is 2.19. The lowest BCUT2D eigenvalue weighted by Crippen LogP contribution is -2.30. The number of aromatic nitrogens is 2. The van der Waals surface area contributed by atoms with Crippen molar-refractivity contribution in [2.24, 2.45) is 11.7 Å². The number of para-hydroxylation sites is 1. The standard InChI is InChI=1S/C15H20N4O/c1-2-11(6-7-16)10-19-15(20)12-4-3-5-13-14(12)18-9-8-17-13/h3-5,8-9,11H,2,6-7,10,16H2,1H3,(H,19,20). The minimum absolute atomic E-state index is 0.105. The molecule has 2 rings (SSSR count). The molecular weight excluding hydrogens is 252 g/mol. The molecule has 1 atom stereocenters. The van der Waals surface area contributed by atoms with Gasteiger partial charge in [-0.3, -0.25) is 14.8 Å². The Balaban J connectivity index is 2.11. The second-order valence-electron chi connectivity index (χ2n) is 4.79. The van der Waals surface area contributed by atoms with Crippen LogP contribution in [0.5, 0.6) is 0 Å². The van der Waals surface area contributed by atoms with Gasteiger partial charge in [0, 0.05) is 18.9 Å². The summed E-state index contributed by atoms with van der Waals surface area (Å²) in [5.74, 6) is 0.316. The van der Waals surface area contributed by atoms with Crippen LogP contribution in [0.1, 0.15) is 30.1 Å². The predicted octanol–water partition coefficient (Wildman–Crippen LogP) is 1.73. The minimum atomic E-state index is -0.105. The summed E-state index contributed by atoms with van der Waals surface area (Å²) in [4.78, 5) is 20.7. The average Bonchev–Trinajstić information content (AvgIpc) is 2.50. The number of hydrogen-bond acceptors (Lipinski definition) is 4. The Bertz CT molecular complexity index is 580. The first-order valence-corrected chi connectivity index (χ1v) is 6.94. The van der Waals surface area contributed by atoms with Crippen LogP contribution >= 0.6 is 0 Å². The van der Waals surface area contributed by atoms with Crippen molar-refractivity contribution in [1.82, 2.24) is 15.3 Å². The normalized spacial score (nSPS) is 12.3. The van der Waals surface area contributed by atoms with E-state index in [2.05, 4.69) is 22.2 Å². The highest BCUT2D eigenvalue weighted by Gasteiger charge is 2.13. The second kappa shape index (κ2) is 6.96. The van der Waals surface area contributed by atoms with Gasteiger partial charge in [0.2, 0.25) is 0 Å². The van der Waals surface area contributed by atoms with Crippen LogP contribution in [0.2, 0.25) is 0 Å². The molecule has 1 heterocycles. The molecule has 20 heavy (non-hydrogen) atoms. The van der Waals surface area contributed by atoms with E-state index in [1.165, 1.54) is 0 Å². The molecule has 0 spiro atoms. The van der Waals surface area contributed by atoms with Gasteiger partial charge in [-0.15, -0.1) is 0 Å². The summed E-state index contributed by atoms with van der Waals surface area (Å²) in [6.45, 7) is 3.40. The fourth-order valence-electron chi connectivity index (χ4n) is 2.19. The van der Waals surface area contributed by atoms with E-state index in [9.17, 15) is 4.79 Å². The molecule has 0 fully saturated rings. The van der Waals surface area contributed by atoms with Gasteiger partial charge >= 0.3 is 0 Å². The molecule has 1 aromatic heterocycles. The van der Waals surface area contributed by atoms with E-state index in [0.717, 1.165) is 18.4 Å². The van der Waals surface area contributed by atoms with Crippen LogP contribution in [-0.2, 0) is 0 Å². The number of rotatable bonds is 6. The summed E-state index contributed by atoms with van der Waals surface area (Å²) in [7, 11) is 0.